The molecular weight excluding hydrogens is 404 g/mol. The summed E-state index contributed by atoms with van der Waals surface area (Å²) >= 11 is 0. The Kier molecular flexibility index (Phi) is 5.99. The molecule has 0 saturated heterocycles. The molecule has 1 fully saturated rings. The van der Waals surface area contributed by atoms with Crippen LogP contribution in [-0.4, -0.2) is 30.1 Å². The molecule has 2 aliphatic rings. The zero-order valence-corrected chi connectivity index (χ0v) is 18.4. The first-order valence-electron chi connectivity index (χ1n) is 10.9. The number of hydrogen-bond donors (Lipinski definition) is 3. The standard InChI is InChI=1S/C25H28N4O3/c1-15-3-10-22-23(29(15)16(2)30)12-11-21(18(13-26)14-28-19-6-7-19)24(22)32-20-8-4-17(5-9-20)25(27)31/h4-5,8-9,11-15,19,26,28H,3,6-7,10H2,1-2H3,(H2,27,31)/b18-14+,26-13?/t15-/m0/s1. The van der Waals surface area contributed by atoms with Gasteiger partial charge < -0.3 is 26.1 Å². The lowest BCUT2D eigenvalue weighted by molar-refractivity contribution is -0.117. The largest absolute Gasteiger partial charge is 0.456 e. The third kappa shape index (κ3) is 4.37. The summed E-state index contributed by atoms with van der Waals surface area (Å²) in [6.45, 7) is 3.62. The second-order valence-corrected chi connectivity index (χ2v) is 8.39. The van der Waals surface area contributed by atoms with Crippen LogP contribution >= 0.6 is 0 Å². The van der Waals surface area contributed by atoms with Crippen molar-refractivity contribution in [2.45, 2.75) is 51.6 Å². The van der Waals surface area contributed by atoms with E-state index in [1.807, 2.05) is 30.2 Å². The Morgan fingerprint density at radius 1 is 1.16 bits per heavy atom. The number of nitrogens with zero attached hydrogens (tertiary/aromatic N) is 1. The smallest absolute Gasteiger partial charge is 0.248 e. The molecule has 2 aromatic carbocycles. The summed E-state index contributed by atoms with van der Waals surface area (Å²) in [4.78, 5) is 25.6. The number of anilines is 1. The maximum atomic E-state index is 12.4. The van der Waals surface area contributed by atoms with Crippen LogP contribution in [-0.2, 0) is 11.2 Å². The highest BCUT2D eigenvalue weighted by Gasteiger charge is 2.30. The first-order chi connectivity index (χ1) is 15.4. The monoisotopic (exact) mass is 432 g/mol. The summed E-state index contributed by atoms with van der Waals surface area (Å²) in [7, 11) is 0. The molecule has 1 saturated carbocycles. The Bertz CT molecular complexity index is 1090. The molecule has 0 radical (unpaired) electrons. The molecule has 0 aromatic heterocycles. The van der Waals surface area contributed by atoms with Gasteiger partial charge in [0.25, 0.3) is 0 Å². The second kappa shape index (κ2) is 8.86. The summed E-state index contributed by atoms with van der Waals surface area (Å²) in [6.07, 6.45) is 7.01. The van der Waals surface area contributed by atoms with Crippen molar-refractivity contribution < 1.29 is 14.3 Å². The first-order valence-corrected chi connectivity index (χ1v) is 10.9. The van der Waals surface area contributed by atoms with Crippen LogP contribution in [0.3, 0.4) is 0 Å². The number of amides is 2. The maximum absolute atomic E-state index is 12.4. The molecule has 1 atom stereocenters. The molecule has 1 aliphatic carbocycles. The summed E-state index contributed by atoms with van der Waals surface area (Å²) in [5.74, 6) is 0.665. The summed E-state index contributed by atoms with van der Waals surface area (Å²) in [5, 5.41) is 11.3. The van der Waals surface area contributed by atoms with Gasteiger partial charge in [-0.25, -0.2) is 0 Å². The van der Waals surface area contributed by atoms with Gasteiger partial charge in [0.1, 0.15) is 11.5 Å². The molecule has 0 unspecified atom stereocenters. The zero-order chi connectivity index (χ0) is 22.8. The minimum Gasteiger partial charge on any atom is -0.456 e. The van der Waals surface area contributed by atoms with Crippen molar-refractivity contribution in [3.05, 3.63) is 59.3 Å². The van der Waals surface area contributed by atoms with E-state index in [1.54, 1.807) is 31.2 Å². The molecular formula is C25H28N4O3. The number of rotatable bonds is 7. The number of allylic oxidation sites excluding steroid dienone is 1. The highest BCUT2D eigenvalue weighted by molar-refractivity contribution is 6.10. The van der Waals surface area contributed by atoms with Gasteiger partial charge in [0.2, 0.25) is 11.8 Å². The lowest BCUT2D eigenvalue weighted by Crippen LogP contribution is -2.40. The lowest BCUT2D eigenvalue weighted by Gasteiger charge is -2.36. The van der Waals surface area contributed by atoms with Crippen LogP contribution < -0.4 is 20.7 Å². The van der Waals surface area contributed by atoms with Crippen LogP contribution in [0.15, 0.2) is 42.6 Å². The molecule has 1 heterocycles. The molecule has 32 heavy (non-hydrogen) atoms. The minimum absolute atomic E-state index is 0.0128. The zero-order valence-electron chi connectivity index (χ0n) is 18.4. The molecule has 4 N–H and O–H groups in total. The van der Waals surface area contributed by atoms with Gasteiger partial charge in [-0.2, -0.15) is 0 Å². The molecule has 7 heteroatoms. The Morgan fingerprint density at radius 2 is 1.88 bits per heavy atom. The molecule has 1 aliphatic heterocycles. The van der Waals surface area contributed by atoms with Crippen molar-refractivity contribution in [1.82, 2.24) is 5.32 Å². The minimum atomic E-state index is -0.499. The Labute approximate surface area is 187 Å². The van der Waals surface area contributed by atoms with Crippen LogP contribution in [0.5, 0.6) is 11.5 Å². The maximum Gasteiger partial charge on any atom is 0.248 e. The summed E-state index contributed by atoms with van der Waals surface area (Å²) < 4.78 is 6.35. The molecule has 2 aromatic rings. The fourth-order valence-electron chi connectivity index (χ4n) is 4.09. The highest BCUT2D eigenvalue weighted by atomic mass is 16.5. The average Bonchev–Trinajstić information content (AvgIpc) is 3.59. The Balaban J connectivity index is 1.81. The van der Waals surface area contributed by atoms with Crippen molar-refractivity contribution in [2.24, 2.45) is 5.73 Å². The Morgan fingerprint density at radius 3 is 2.47 bits per heavy atom. The molecule has 4 rings (SSSR count). The van der Waals surface area contributed by atoms with Crippen molar-refractivity contribution >= 4 is 29.3 Å². The molecule has 0 bridgehead atoms. The van der Waals surface area contributed by atoms with E-state index in [4.69, 9.17) is 15.9 Å². The van der Waals surface area contributed by atoms with Crippen molar-refractivity contribution in [3.8, 4) is 11.5 Å². The van der Waals surface area contributed by atoms with E-state index in [9.17, 15) is 9.59 Å². The third-order valence-corrected chi connectivity index (χ3v) is 5.96. The average molecular weight is 433 g/mol. The number of primary amides is 1. The van der Waals surface area contributed by atoms with E-state index < -0.39 is 5.91 Å². The van der Waals surface area contributed by atoms with Gasteiger partial charge in [-0.15, -0.1) is 0 Å². The van der Waals surface area contributed by atoms with Crippen LogP contribution in [0.4, 0.5) is 5.69 Å². The van der Waals surface area contributed by atoms with Gasteiger partial charge in [-0.05, 0) is 69.0 Å². The second-order valence-electron chi connectivity index (χ2n) is 8.39. The van der Waals surface area contributed by atoms with Gasteiger partial charge in [-0.1, -0.05) is 0 Å². The van der Waals surface area contributed by atoms with Crippen molar-refractivity contribution in [2.75, 3.05) is 4.90 Å². The Hall–Kier alpha value is -3.61. The molecule has 166 valence electrons. The predicted molar refractivity (Wildman–Crippen MR) is 125 cm³/mol. The normalized spacial score (nSPS) is 18.0. The number of benzene rings is 2. The van der Waals surface area contributed by atoms with E-state index in [2.05, 4.69) is 5.32 Å². The van der Waals surface area contributed by atoms with Gasteiger partial charge in [-0.3, -0.25) is 9.59 Å². The number of nitrogens with one attached hydrogen (secondary N) is 2. The van der Waals surface area contributed by atoms with Gasteiger partial charge in [0.05, 0.1) is 5.69 Å². The van der Waals surface area contributed by atoms with E-state index in [0.29, 0.717) is 28.7 Å². The number of carbonyl (C=O) groups is 2. The van der Waals surface area contributed by atoms with Crippen LogP contribution in [0.25, 0.3) is 5.57 Å². The number of hydrogen-bond acceptors (Lipinski definition) is 5. The van der Waals surface area contributed by atoms with E-state index in [0.717, 1.165) is 42.5 Å². The number of fused-ring (bicyclic) bond motifs is 1. The topological polar surface area (TPSA) is 109 Å². The quantitative estimate of drug-likeness (QED) is 0.575. The highest BCUT2D eigenvalue weighted by Crippen LogP contribution is 2.43. The van der Waals surface area contributed by atoms with Gasteiger partial charge in [0, 0.05) is 53.7 Å². The molecule has 7 nitrogen and oxygen atoms in total. The van der Waals surface area contributed by atoms with Crippen LogP contribution in [0, 0.1) is 5.41 Å². The SMILES string of the molecule is CC(=O)N1c2ccc(/C(C=N)=C/NC3CC3)c(Oc3ccc(C(N)=O)cc3)c2CC[C@@H]1C. The third-order valence-electron chi connectivity index (χ3n) is 5.96. The van der Waals surface area contributed by atoms with E-state index in [-0.39, 0.29) is 11.9 Å². The molecule has 0 spiro atoms. The van der Waals surface area contributed by atoms with Gasteiger partial charge in [0.15, 0.2) is 0 Å². The van der Waals surface area contributed by atoms with E-state index >= 15 is 0 Å². The fraction of sp³-hybridized carbons (Fsp3) is 0.320. The van der Waals surface area contributed by atoms with Crippen molar-refractivity contribution in [3.63, 3.8) is 0 Å². The van der Waals surface area contributed by atoms with Crippen LogP contribution in [0.2, 0.25) is 0 Å². The number of carbonyl (C=O) groups excluding carboxylic acids is 2. The summed E-state index contributed by atoms with van der Waals surface area (Å²) in [5.41, 5.74) is 9.01. The predicted octanol–water partition coefficient (Wildman–Crippen LogP) is 4.01. The number of ether oxygens (including phenoxy) is 1. The lowest BCUT2D eigenvalue weighted by atomic mass is 9.91. The van der Waals surface area contributed by atoms with Crippen molar-refractivity contribution in [1.29, 1.82) is 5.41 Å². The molecule has 2 amide bonds. The number of nitrogens with two attached hydrogens (primary N) is 1. The first kappa shape index (κ1) is 21.6. The van der Waals surface area contributed by atoms with Gasteiger partial charge >= 0.3 is 0 Å². The van der Waals surface area contributed by atoms with Crippen LogP contribution in [0.1, 0.15) is 54.6 Å². The van der Waals surface area contributed by atoms with E-state index in [1.165, 1.54) is 6.21 Å². The summed E-state index contributed by atoms with van der Waals surface area (Å²) in [6, 6.07) is 11.1. The fourth-order valence-corrected chi connectivity index (χ4v) is 4.09.